The van der Waals surface area contributed by atoms with Crippen LogP contribution in [0.5, 0.6) is 0 Å². The summed E-state index contributed by atoms with van der Waals surface area (Å²) >= 11 is 12.1. The van der Waals surface area contributed by atoms with E-state index >= 15 is 0 Å². The number of rotatable bonds is 6. The van der Waals surface area contributed by atoms with Gasteiger partial charge in [0.05, 0.1) is 15.7 Å². The standard InChI is InChI=1S/C14H19Cl2NO/c1-3-5-7-10(4-2)14(18)17-13-11(15)8-6-9-12(13)16/h6,8-10H,3-5,7H2,1-2H3,(H,17,18)/t10-/m1/s1. The molecule has 1 atom stereocenters. The number of halogens is 2. The number of carbonyl (C=O) groups is 1. The highest BCUT2D eigenvalue weighted by Gasteiger charge is 2.18. The molecule has 1 rings (SSSR count). The molecule has 0 aliphatic heterocycles. The molecule has 0 fully saturated rings. The zero-order valence-electron chi connectivity index (χ0n) is 10.8. The number of carbonyl (C=O) groups excluding carboxylic acids is 1. The fourth-order valence-corrected chi connectivity index (χ4v) is 2.31. The van der Waals surface area contributed by atoms with Gasteiger partial charge in [-0.2, -0.15) is 0 Å². The zero-order valence-corrected chi connectivity index (χ0v) is 12.3. The van der Waals surface area contributed by atoms with E-state index in [4.69, 9.17) is 23.2 Å². The number of unbranched alkanes of at least 4 members (excludes halogenated alkanes) is 1. The van der Waals surface area contributed by atoms with Gasteiger partial charge in [-0.1, -0.05) is 56.0 Å². The van der Waals surface area contributed by atoms with Crippen molar-refractivity contribution >= 4 is 34.8 Å². The Morgan fingerprint density at radius 3 is 2.39 bits per heavy atom. The number of hydrogen-bond donors (Lipinski definition) is 1. The lowest BCUT2D eigenvalue weighted by molar-refractivity contribution is -0.120. The van der Waals surface area contributed by atoms with Crippen molar-refractivity contribution in [1.29, 1.82) is 0 Å². The van der Waals surface area contributed by atoms with E-state index in [1.54, 1.807) is 18.2 Å². The third-order valence-electron chi connectivity index (χ3n) is 2.98. The second-order valence-corrected chi connectivity index (χ2v) is 5.15. The molecule has 0 aromatic heterocycles. The molecule has 0 saturated carbocycles. The Morgan fingerprint density at radius 2 is 1.89 bits per heavy atom. The van der Waals surface area contributed by atoms with Crippen molar-refractivity contribution in [3.05, 3.63) is 28.2 Å². The maximum Gasteiger partial charge on any atom is 0.227 e. The summed E-state index contributed by atoms with van der Waals surface area (Å²) in [6.07, 6.45) is 3.88. The molecule has 0 aliphatic rings. The Morgan fingerprint density at radius 1 is 1.28 bits per heavy atom. The van der Waals surface area contributed by atoms with Crippen molar-refractivity contribution in [3.8, 4) is 0 Å². The molecule has 0 unspecified atom stereocenters. The van der Waals surface area contributed by atoms with Crippen LogP contribution in [0.15, 0.2) is 18.2 Å². The summed E-state index contributed by atoms with van der Waals surface area (Å²) in [6.45, 7) is 4.14. The number of amides is 1. The largest absolute Gasteiger partial charge is 0.323 e. The highest BCUT2D eigenvalue weighted by molar-refractivity contribution is 6.39. The average molecular weight is 288 g/mol. The maximum atomic E-state index is 12.1. The molecule has 4 heteroatoms. The average Bonchev–Trinajstić information content (AvgIpc) is 2.35. The van der Waals surface area contributed by atoms with Gasteiger partial charge in [-0.15, -0.1) is 0 Å². The molecule has 100 valence electrons. The Balaban J connectivity index is 2.73. The summed E-state index contributed by atoms with van der Waals surface area (Å²) in [4.78, 5) is 12.1. The number of nitrogens with one attached hydrogen (secondary N) is 1. The topological polar surface area (TPSA) is 29.1 Å². The van der Waals surface area contributed by atoms with Crippen molar-refractivity contribution in [2.75, 3.05) is 5.32 Å². The molecule has 0 radical (unpaired) electrons. The minimum Gasteiger partial charge on any atom is -0.323 e. The first-order chi connectivity index (χ1) is 8.60. The monoisotopic (exact) mass is 287 g/mol. The van der Waals surface area contributed by atoms with E-state index in [1.807, 2.05) is 6.92 Å². The van der Waals surface area contributed by atoms with E-state index in [9.17, 15) is 4.79 Å². The minimum absolute atomic E-state index is 0.000880. The van der Waals surface area contributed by atoms with E-state index in [0.29, 0.717) is 15.7 Å². The van der Waals surface area contributed by atoms with E-state index in [2.05, 4.69) is 12.2 Å². The van der Waals surface area contributed by atoms with Crippen LogP contribution in [-0.2, 0) is 4.79 Å². The Labute approximate surface area is 119 Å². The molecule has 1 amide bonds. The summed E-state index contributed by atoms with van der Waals surface area (Å²) in [6, 6.07) is 5.20. The summed E-state index contributed by atoms with van der Waals surface area (Å²) in [5.74, 6) is 0.0261. The van der Waals surface area contributed by atoms with Crippen LogP contribution in [-0.4, -0.2) is 5.91 Å². The summed E-state index contributed by atoms with van der Waals surface area (Å²) in [7, 11) is 0. The normalized spacial score (nSPS) is 12.2. The molecular weight excluding hydrogens is 269 g/mol. The van der Waals surface area contributed by atoms with Gasteiger partial charge in [-0.05, 0) is 25.0 Å². The first-order valence-corrected chi connectivity index (χ1v) is 7.10. The van der Waals surface area contributed by atoms with Crippen LogP contribution in [0.1, 0.15) is 39.5 Å². The summed E-state index contributed by atoms with van der Waals surface area (Å²) in [5, 5.41) is 3.78. The van der Waals surface area contributed by atoms with E-state index < -0.39 is 0 Å². The number of anilines is 1. The van der Waals surface area contributed by atoms with Gasteiger partial charge in [0.15, 0.2) is 0 Å². The van der Waals surface area contributed by atoms with Gasteiger partial charge < -0.3 is 5.32 Å². The SMILES string of the molecule is CCCC[C@@H](CC)C(=O)Nc1c(Cl)cccc1Cl. The highest BCUT2D eigenvalue weighted by Crippen LogP contribution is 2.30. The lowest BCUT2D eigenvalue weighted by Gasteiger charge is -2.16. The van der Waals surface area contributed by atoms with Gasteiger partial charge in [-0.3, -0.25) is 4.79 Å². The van der Waals surface area contributed by atoms with Gasteiger partial charge in [-0.25, -0.2) is 0 Å². The zero-order chi connectivity index (χ0) is 13.5. The van der Waals surface area contributed by atoms with Crippen LogP contribution in [0, 0.1) is 5.92 Å². The molecule has 0 heterocycles. The van der Waals surface area contributed by atoms with Crippen LogP contribution in [0.3, 0.4) is 0 Å². The lowest BCUT2D eigenvalue weighted by Crippen LogP contribution is -2.22. The number of benzene rings is 1. The molecule has 18 heavy (non-hydrogen) atoms. The van der Waals surface area contributed by atoms with Gasteiger partial charge >= 0.3 is 0 Å². The smallest absolute Gasteiger partial charge is 0.227 e. The summed E-state index contributed by atoms with van der Waals surface area (Å²) < 4.78 is 0. The van der Waals surface area contributed by atoms with E-state index in [1.165, 1.54) is 0 Å². The second kappa shape index (κ2) is 7.65. The van der Waals surface area contributed by atoms with Crippen molar-refractivity contribution in [2.24, 2.45) is 5.92 Å². The van der Waals surface area contributed by atoms with Crippen molar-refractivity contribution in [2.45, 2.75) is 39.5 Å². The van der Waals surface area contributed by atoms with Crippen molar-refractivity contribution in [3.63, 3.8) is 0 Å². The summed E-state index contributed by atoms with van der Waals surface area (Å²) in [5.41, 5.74) is 0.515. The molecule has 1 aromatic carbocycles. The number of hydrogen-bond acceptors (Lipinski definition) is 1. The number of para-hydroxylation sites is 1. The van der Waals surface area contributed by atoms with Crippen LogP contribution in [0.2, 0.25) is 10.0 Å². The van der Waals surface area contributed by atoms with Crippen LogP contribution < -0.4 is 5.32 Å². The molecule has 1 aromatic rings. The third-order valence-corrected chi connectivity index (χ3v) is 3.61. The van der Waals surface area contributed by atoms with Crippen LogP contribution in [0.4, 0.5) is 5.69 Å². The van der Waals surface area contributed by atoms with E-state index in [-0.39, 0.29) is 11.8 Å². The third kappa shape index (κ3) is 4.18. The molecular formula is C14H19Cl2NO. The van der Waals surface area contributed by atoms with Gasteiger partial charge in [0, 0.05) is 5.92 Å². The molecule has 0 saturated heterocycles. The molecule has 0 spiro atoms. The molecule has 1 N–H and O–H groups in total. The van der Waals surface area contributed by atoms with Crippen LogP contribution in [0.25, 0.3) is 0 Å². The highest BCUT2D eigenvalue weighted by atomic mass is 35.5. The van der Waals surface area contributed by atoms with Crippen LogP contribution >= 0.6 is 23.2 Å². The van der Waals surface area contributed by atoms with Gasteiger partial charge in [0.2, 0.25) is 5.91 Å². The molecule has 2 nitrogen and oxygen atoms in total. The minimum atomic E-state index is 0.000880. The first kappa shape index (κ1) is 15.3. The molecule has 0 aliphatic carbocycles. The van der Waals surface area contributed by atoms with Gasteiger partial charge in [0.1, 0.15) is 0 Å². The Bertz CT molecular complexity index is 387. The fourth-order valence-electron chi connectivity index (χ4n) is 1.81. The van der Waals surface area contributed by atoms with Crippen molar-refractivity contribution < 1.29 is 4.79 Å². The first-order valence-electron chi connectivity index (χ1n) is 6.35. The predicted molar refractivity (Wildman–Crippen MR) is 78.4 cm³/mol. The van der Waals surface area contributed by atoms with Crippen molar-refractivity contribution in [1.82, 2.24) is 0 Å². The lowest BCUT2D eigenvalue weighted by atomic mass is 9.98. The Hall–Kier alpha value is -0.730. The fraction of sp³-hybridized carbons (Fsp3) is 0.500. The predicted octanol–water partition coefficient (Wildman–Crippen LogP) is 5.15. The second-order valence-electron chi connectivity index (χ2n) is 4.33. The maximum absolute atomic E-state index is 12.1. The van der Waals surface area contributed by atoms with E-state index in [0.717, 1.165) is 25.7 Å². The Kier molecular flexibility index (Phi) is 6.51. The quantitative estimate of drug-likeness (QED) is 0.770. The molecule has 0 bridgehead atoms. The van der Waals surface area contributed by atoms with Gasteiger partial charge in [0.25, 0.3) is 0 Å².